The van der Waals surface area contributed by atoms with Crippen LogP contribution >= 0.6 is 0 Å². The summed E-state index contributed by atoms with van der Waals surface area (Å²) in [5.74, 6) is 0.734. The Morgan fingerprint density at radius 3 is 2.83 bits per heavy atom. The molecule has 5 heteroatoms. The molecule has 2 aliphatic heterocycles. The zero-order chi connectivity index (χ0) is 13.0. The zero-order valence-electron chi connectivity index (χ0n) is 11.1. The number of ether oxygens (including phenoxy) is 1. The van der Waals surface area contributed by atoms with Gasteiger partial charge in [0.1, 0.15) is 0 Å². The highest BCUT2D eigenvalue weighted by Gasteiger charge is 2.30. The zero-order valence-corrected chi connectivity index (χ0v) is 11.1. The first-order valence-electron chi connectivity index (χ1n) is 6.93. The van der Waals surface area contributed by atoms with E-state index < -0.39 is 0 Å². The second-order valence-corrected chi connectivity index (χ2v) is 5.43. The molecule has 0 saturated carbocycles. The van der Waals surface area contributed by atoms with Crippen molar-refractivity contribution in [2.24, 2.45) is 5.92 Å². The van der Waals surface area contributed by atoms with Gasteiger partial charge in [0, 0.05) is 13.0 Å². The molecule has 0 aliphatic carbocycles. The first kappa shape index (κ1) is 13.8. The quantitative estimate of drug-likeness (QED) is 0.745. The number of morpholine rings is 1. The van der Waals surface area contributed by atoms with E-state index in [1.54, 1.807) is 0 Å². The van der Waals surface area contributed by atoms with Gasteiger partial charge in [-0.15, -0.1) is 0 Å². The Kier molecular flexibility index (Phi) is 4.97. The second-order valence-electron chi connectivity index (χ2n) is 5.43. The number of aliphatic hydroxyl groups is 1. The van der Waals surface area contributed by atoms with Gasteiger partial charge in [0.05, 0.1) is 25.4 Å². The summed E-state index contributed by atoms with van der Waals surface area (Å²) in [7, 11) is 0. The lowest BCUT2D eigenvalue weighted by atomic mass is 9.93. The largest absolute Gasteiger partial charge is 0.394 e. The van der Waals surface area contributed by atoms with Crippen LogP contribution in [0.3, 0.4) is 0 Å². The summed E-state index contributed by atoms with van der Waals surface area (Å²) in [5.41, 5.74) is 0. The molecule has 0 aromatic heterocycles. The van der Waals surface area contributed by atoms with Crippen LogP contribution in [0.5, 0.6) is 0 Å². The summed E-state index contributed by atoms with van der Waals surface area (Å²) in [4.78, 5) is 14.2. The molecule has 2 rings (SSSR count). The van der Waals surface area contributed by atoms with E-state index in [2.05, 4.69) is 5.32 Å². The lowest BCUT2D eigenvalue weighted by Crippen LogP contribution is -2.52. The average molecular weight is 256 g/mol. The van der Waals surface area contributed by atoms with Crippen molar-refractivity contribution < 1.29 is 14.6 Å². The minimum absolute atomic E-state index is 0.0101. The van der Waals surface area contributed by atoms with E-state index in [4.69, 9.17) is 9.84 Å². The molecule has 0 spiro atoms. The molecule has 104 valence electrons. The minimum Gasteiger partial charge on any atom is -0.394 e. The van der Waals surface area contributed by atoms with E-state index >= 15 is 0 Å². The van der Waals surface area contributed by atoms with Crippen molar-refractivity contribution in [1.82, 2.24) is 10.2 Å². The van der Waals surface area contributed by atoms with Crippen molar-refractivity contribution in [2.45, 2.75) is 38.3 Å². The van der Waals surface area contributed by atoms with Crippen LogP contribution in [0.15, 0.2) is 0 Å². The average Bonchev–Trinajstić information content (AvgIpc) is 2.40. The number of hydrogen-bond donors (Lipinski definition) is 2. The van der Waals surface area contributed by atoms with E-state index in [0.717, 1.165) is 25.9 Å². The summed E-state index contributed by atoms with van der Waals surface area (Å²) in [6, 6.07) is 0.127. The van der Waals surface area contributed by atoms with Crippen molar-refractivity contribution >= 4 is 5.91 Å². The van der Waals surface area contributed by atoms with Crippen LogP contribution < -0.4 is 5.32 Å². The Labute approximate surface area is 108 Å². The van der Waals surface area contributed by atoms with E-state index in [0.29, 0.717) is 25.5 Å². The highest BCUT2D eigenvalue weighted by atomic mass is 16.5. The standard InChI is InChI=1S/C13H24N2O3/c1-10-9-18-12(8-16)7-15(10)13(17)6-11-2-4-14-5-3-11/h10-12,14,16H,2-9H2,1H3. The first-order valence-corrected chi connectivity index (χ1v) is 6.93. The second kappa shape index (κ2) is 6.50. The molecule has 2 N–H and O–H groups in total. The fourth-order valence-electron chi connectivity index (χ4n) is 2.73. The molecular formula is C13H24N2O3. The van der Waals surface area contributed by atoms with Crippen LogP contribution in [0.4, 0.5) is 0 Å². The SMILES string of the molecule is CC1COC(CO)CN1C(=O)CC1CCNCC1. The fourth-order valence-corrected chi connectivity index (χ4v) is 2.73. The van der Waals surface area contributed by atoms with E-state index in [1.165, 1.54) is 0 Å². The molecule has 2 unspecified atom stereocenters. The molecule has 0 bridgehead atoms. The van der Waals surface area contributed by atoms with E-state index in [1.807, 2.05) is 11.8 Å². The summed E-state index contributed by atoms with van der Waals surface area (Å²) in [6.07, 6.45) is 2.62. The Morgan fingerprint density at radius 2 is 2.17 bits per heavy atom. The van der Waals surface area contributed by atoms with Gasteiger partial charge in [0.2, 0.25) is 5.91 Å². The van der Waals surface area contributed by atoms with Gasteiger partial charge in [-0.2, -0.15) is 0 Å². The Hall–Kier alpha value is -0.650. The third kappa shape index (κ3) is 3.43. The van der Waals surface area contributed by atoms with Gasteiger partial charge in [0.15, 0.2) is 0 Å². The van der Waals surface area contributed by atoms with Gasteiger partial charge in [-0.3, -0.25) is 4.79 Å². The molecule has 0 aromatic carbocycles. The van der Waals surface area contributed by atoms with Crippen molar-refractivity contribution in [3.63, 3.8) is 0 Å². The number of nitrogens with one attached hydrogen (secondary N) is 1. The molecule has 2 aliphatic rings. The van der Waals surface area contributed by atoms with Crippen molar-refractivity contribution in [3.05, 3.63) is 0 Å². The molecular weight excluding hydrogens is 232 g/mol. The first-order chi connectivity index (χ1) is 8.70. The molecule has 0 radical (unpaired) electrons. The molecule has 18 heavy (non-hydrogen) atoms. The molecule has 0 aromatic rings. The molecule has 2 heterocycles. The maximum absolute atomic E-state index is 12.3. The summed E-state index contributed by atoms with van der Waals surface area (Å²) >= 11 is 0. The van der Waals surface area contributed by atoms with Crippen LogP contribution in [0.25, 0.3) is 0 Å². The maximum Gasteiger partial charge on any atom is 0.223 e. The summed E-state index contributed by atoms with van der Waals surface area (Å²) in [6.45, 7) is 5.11. The molecule has 5 nitrogen and oxygen atoms in total. The molecule has 2 atom stereocenters. The predicted octanol–water partition coefficient (Wildman–Crippen LogP) is -0.0157. The Balaban J connectivity index is 1.85. The number of aliphatic hydroxyl groups excluding tert-OH is 1. The van der Waals surface area contributed by atoms with Gasteiger partial charge >= 0.3 is 0 Å². The Bertz CT molecular complexity index is 279. The highest BCUT2D eigenvalue weighted by molar-refractivity contribution is 5.77. The van der Waals surface area contributed by atoms with Gasteiger partial charge in [-0.05, 0) is 38.8 Å². The molecule has 2 fully saturated rings. The van der Waals surface area contributed by atoms with Crippen molar-refractivity contribution in [2.75, 3.05) is 32.8 Å². The topological polar surface area (TPSA) is 61.8 Å². The summed E-state index contributed by atoms with van der Waals surface area (Å²) < 4.78 is 5.46. The normalized spacial score (nSPS) is 30.4. The summed E-state index contributed by atoms with van der Waals surface area (Å²) in [5, 5.41) is 12.4. The monoisotopic (exact) mass is 256 g/mol. The van der Waals surface area contributed by atoms with Gasteiger partial charge < -0.3 is 20.1 Å². The fraction of sp³-hybridized carbons (Fsp3) is 0.923. The van der Waals surface area contributed by atoms with Crippen molar-refractivity contribution in [1.29, 1.82) is 0 Å². The maximum atomic E-state index is 12.3. The number of piperidine rings is 1. The number of carbonyl (C=O) groups excluding carboxylic acids is 1. The number of amides is 1. The smallest absolute Gasteiger partial charge is 0.223 e. The molecule has 2 saturated heterocycles. The minimum atomic E-state index is -0.210. The van der Waals surface area contributed by atoms with Crippen LogP contribution in [0.1, 0.15) is 26.2 Å². The number of carbonyl (C=O) groups is 1. The van der Waals surface area contributed by atoms with Crippen molar-refractivity contribution in [3.8, 4) is 0 Å². The van der Waals surface area contributed by atoms with Crippen LogP contribution in [0, 0.1) is 5.92 Å². The van der Waals surface area contributed by atoms with E-state index in [-0.39, 0.29) is 24.7 Å². The predicted molar refractivity (Wildman–Crippen MR) is 68.2 cm³/mol. The lowest BCUT2D eigenvalue weighted by molar-refractivity contribution is -0.147. The number of nitrogens with zero attached hydrogens (tertiary/aromatic N) is 1. The van der Waals surface area contributed by atoms with Gasteiger partial charge in [-0.1, -0.05) is 0 Å². The third-order valence-corrected chi connectivity index (χ3v) is 3.95. The van der Waals surface area contributed by atoms with Gasteiger partial charge in [-0.25, -0.2) is 0 Å². The highest BCUT2D eigenvalue weighted by Crippen LogP contribution is 2.20. The number of rotatable bonds is 3. The number of hydrogen-bond acceptors (Lipinski definition) is 4. The third-order valence-electron chi connectivity index (χ3n) is 3.95. The van der Waals surface area contributed by atoms with Crippen LogP contribution in [-0.4, -0.2) is 60.9 Å². The lowest BCUT2D eigenvalue weighted by Gasteiger charge is -2.38. The van der Waals surface area contributed by atoms with E-state index in [9.17, 15) is 4.79 Å². The van der Waals surface area contributed by atoms with Crippen LogP contribution in [-0.2, 0) is 9.53 Å². The Morgan fingerprint density at radius 1 is 1.44 bits per heavy atom. The van der Waals surface area contributed by atoms with Gasteiger partial charge in [0.25, 0.3) is 0 Å². The molecule has 1 amide bonds. The van der Waals surface area contributed by atoms with Crippen LogP contribution in [0.2, 0.25) is 0 Å².